The summed E-state index contributed by atoms with van der Waals surface area (Å²) in [6.45, 7) is 1.71. The molecule has 1 atom stereocenters. The molecule has 1 aliphatic heterocycles. The second kappa shape index (κ2) is 7.46. The number of nitrogens with zero attached hydrogens (tertiary/aromatic N) is 1. The van der Waals surface area contributed by atoms with E-state index in [1.807, 2.05) is 0 Å². The number of carbonyl (C=O) groups is 1. The number of benzene rings is 2. The summed E-state index contributed by atoms with van der Waals surface area (Å²) >= 11 is 0. The predicted molar refractivity (Wildman–Crippen MR) is 104 cm³/mol. The van der Waals surface area contributed by atoms with E-state index in [1.54, 1.807) is 0 Å². The first-order chi connectivity index (χ1) is 12.7. The number of hydrogen-bond acceptors (Lipinski definition) is 2. The van der Waals surface area contributed by atoms with Gasteiger partial charge in [0.1, 0.15) is 6.04 Å². The zero-order valence-corrected chi connectivity index (χ0v) is 15.0. The molecule has 0 unspecified atom stereocenters. The molecule has 0 amide bonds. The fourth-order valence-corrected chi connectivity index (χ4v) is 4.38. The molecule has 3 heteroatoms. The lowest BCUT2D eigenvalue weighted by atomic mass is 9.93. The molecule has 2 aromatic carbocycles. The lowest BCUT2D eigenvalue weighted by molar-refractivity contribution is -0.142. The summed E-state index contributed by atoms with van der Waals surface area (Å²) in [5.74, 6) is -0.680. The van der Waals surface area contributed by atoms with Crippen LogP contribution in [-0.4, -0.2) is 35.1 Å². The average molecular weight is 347 g/mol. The number of fused-ring (bicyclic) bond motifs is 2. The van der Waals surface area contributed by atoms with Crippen LogP contribution in [0.15, 0.2) is 54.6 Å². The van der Waals surface area contributed by atoms with Gasteiger partial charge >= 0.3 is 5.97 Å². The molecule has 1 saturated heterocycles. The zero-order chi connectivity index (χ0) is 17.9. The molecule has 2 aromatic rings. The lowest BCUT2D eigenvalue weighted by Crippen LogP contribution is -2.36. The molecule has 4 rings (SSSR count). The monoisotopic (exact) mass is 347 g/mol. The summed E-state index contributed by atoms with van der Waals surface area (Å²) in [5.41, 5.74) is 6.76. The van der Waals surface area contributed by atoms with Crippen molar-refractivity contribution in [2.24, 2.45) is 0 Å². The van der Waals surface area contributed by atoms with Crippen molar-refractivity contribution in [1.29, 1.82) is 0 Å². The second-order valence-corrected chi connectivity index (χ2v) is 7.25. The van der Waals surface area contributed by atoms with Gasteiger partial charge in [0, 0.05) is 6.54 Å². The summed E-state index contributed by atoms with van der Waals surface area (Å²) < 4.78 is 0. The molecule has 0 radical (unpaired) electrons. The van der Waals surface area contributed by atoms with E-state index >= 15 is 0 Å². The SMILES string of the molecule is O=C(O)[C@H]1CCCN1CCC=C1c2ccccc2CCc2ccccc21. The molecule has 2 aliphatic rings. The summed E-state index contributed by atoms with van der Waals surface area (Å²) in [7, 11) is 0. The first-order valence-corrected chi connectivity index (χ1v) is 9.57. The molecule has 1 N–H and O–H groups in total. The molecular weight excluding hydrogens is 322 g/mol. The fraction of sp³-hybridized carbons (Fsp3) is 0.348. The molecule has 1 aliphatic carbocycles. The van der Waals surface area contributed by atoms with Gasteiger partial charge in [-0.2, -0.15) is 0 Å². The summed E-state index contributed by atoms with van der Waals surface area (Å²) in [5, 5.41) is 9.37. The Morgan fingerprint density at radius 1 is 1.04 bits per heavy atom. The van der Waals surface area contributed by atoms with Gasteiger partial charge in [-0.1, -0.05) is 54.6 Å². The molecule has 0 spiro atoms. The Kier molecular flexibility index (Phi) is 4.89. The van der Waals surface area contributed by atoms with Crippen LogP contribution in [0.2, 0.25) is 0 Å². The molecular formula is C23H25NO2. The first-order valence-electron chi connectivity index (χ1n) is 9.57. The maximum absolute atomic E-state index is 11.4. The van der Waals surface area contributed by atoms with Gasteiger partial charge in [-0.3, -0.25) is 9.69 Å². The largest absolute Gasteiger partial charge is 0.480 e. The number of hydrogen-bond donors (Lipinski definition) is 1. The zero-order valence-electron chi connectivity index (χ0n) is 15.0. The Labute approximate surface area is 155 Å². The van der Waals surface area contributed by atoms with E-state index in [4.69, 9.17) is 0 Å². The molecule has 0 aromatic heterocycles. The Morgan fingerprint density at radius 2 is 1.65 bits per heavy atom. The van der Waals surface area contributed by atoms with Crippen LogP contribution < -0.4 is 0 Å². The Balaban J connectivity index is 1.62. The average Bonchev–Trinajstić information content (AvgIpc) is 3.07. The van der Waals surface area contributed by atoms with Gasteiger partial charge in [-0.05, 0) is 66.5 Å². The third-order valence-corrected chi connectivity index (χ3v) is 5.69. The van der Waals surface area contributed by atoms with Crippen molar-refractivity contribution in [2.75, 3.05) is 13.1 Å². The fourth-order valence-electron chi connectivity index (χ4n) is 4.38. The third kappa shape index (κ3) is 3.32. The highest BCUT2D eigenvalue weighted by Gasteiger charge is 2.29. The van der Waals surface area contributed by atoms with E-state index < -0.39 is 5.97 Å². The lowest BCUT2D eigenvalue weighted by Gasteiger charge is -2.20. The van der Waals surface area contributed by atoms with Crippen LogP contribution in [0.5, 0.6) is 0 Å². The Bertz CT molecular complexity index is 790. The standard InChI is InChI=1S/C23H25NO2/c25-23(26)22-12-6-16-24(22)15-5-11-21-19-9-3-1-7-17(19)13-14-18-8-2-4-10-20(18)21/h1-4,7-11,22H,5-6,12-16H2,(H,25,26)/t22-/m1/s1. The van der Waals surface area contributed by atoms with Gasteiger partial charge in [-0.25, -0.2) is 0 Å². The van der Waals surface area contributed by atoms with Crippen molar-refractivity contribution in [3.05, 3.63) is 76.9 Å². The molecule has 0 bridgehead atoms. The van der Waals surface area contributed by atoms with E-state index in [1.165, 1.54) is 27.8 Å². The van der Waals surface area contributed by atoms with Crippen LogP contribution in [0.4, 0.5) is 0 Å². The minimum atomic E-state index is -0.680. The van der Waals surface area contributed by atoms with E-state index in [0.29, 0.717) is 0 Å². The van der Waals surface area contributed by atoms with Gasteiger partial charge in [0.2, 0.25) is 0 Å². The van der Waals surface area contributed by atoms with E-state index in [9.17, 15) is 9.90 Å². The number of aliphatic carboxylic acids is 1. The first kappa shape index (κ1) is 17.0. The van der Waals surface area contributed by atoms with Crippen LogP contribution in [0, 0.1) is 0 Å². The Hall–Kier alpha value is -2.39. The second-order valence-electron chi connectivity index (χ2n) is 7.25. The molecule has 1 fully saturated rings. The van der Waals surface area contributed by atoms with E-state index in [-0.39, 0.29) is 6.04 Å². The number of rotatable bonds is 4. The minimum absolute atomic E-state index is 0.304. The van der Waals surface area contributed by atoms with Crippen molar-refractivity contribution in [3.8, 4) is 0 Å². The summed E-state index contributed by atoms with van der Waals surface area (Å²) in [6.07, 6.45) is 7.09. The number of aryl methyl sites for hydroxylation is 2. The van der Waals surface area contributed by atoms with Crippen LogP contribution in [0.3, 0.4) is 0 Å². The molecule has 134 valence electrons. The molecule has 0 saturated carbocycles. The number of likely N-dealkylation sites (tertiary alicyclic amines) is 1. The van der Waals surface area contributed by atoms with Gasteiger partial charge in [0.15, 0.2) is 0 Å². The van der Waals surface area contributed by atoms with Crippen LogP contribution in [-0.2, 0) is 17.6 Å². The highest BCUT2D eigenvalue weighted by atomic mass is 16.4. The number of carboxylic acid groups (broad SMARTS) is 1. The van der Waals surface area contributed by atoms with Crippen molar-refractivity contribution in [1.82, 2.24) is 4.90 Å². The van der Waals surface area contributed by atoms with Gasteiger partial charge in [0.05, 0.1) is 0 Å². The van der Waals surface area contributed by atoms with Crippen LogP contribution >= 0.6 is 0 Å². The third-order valence-electron chi connectivity index (χ3n) is 5.69. The summed E-state index contributed by atoms with van der Waals surface area (Å²) in [4.78, 5) is 13.5. The molecule has 26 heavy (non-hydrogen) atoms. The van der Waals surface area contributed by atoms with E-state index in [2.05, 4.69) is 59.5 Å². The molecule has 1 heterocycles. The predicted octanol–water partition coefficient (Wildman–Crippen LogP) is 4.16. The van der Waals surface area contributed by atoms with Crippen molar-refractivity contribution in [2.45, 2.75) is 38.1 Å². The quantitative estimate of drug-likeness (QED) is 0.903. The topological polar surface area (TPSA) is 40.5 Å². The van der Waals surface area contributed by atoms with Crippen molar-refractivity contribution < 1.29 is 9.90 Å². The smallest absolute Gasteiger partial charge is 0.320 e. The Morgan fingerprint density at radius 3 is 2.27 bits per heavy atom. The normalized spacial score (nSPS) is 19.5. The number of carboxylic acids is 1. The summed E-state index contributed by atoms with van der Waals surface area (Å²) in [6, 6.07) is 17.1. The molecule has 3 nitrogen and oxygen atoms in total. The van der Waals surface area contributed by atoms with E-state index in [0.717, 1.165) is 45.2 Å². The van der Waals surface area contributed by atoms with Gasteiger partial charge in [-0.15, -0.1) is 0 Å². The highest BCUT2D eigenvalue weighted by molar-refractivity contribution is 5.83. The van der Waals surface area contributed by atoms with Crippen LogP contribution in [0.1, 0.15) is 41.5 Å². The van der Waals surface area contributed by atoms with Crippen LogP contribution in [0.25, 0.3) is 5.57 Å². The maximum Gasteiger partial charge on any atom is 0.320 e. The minimum Gasteiger partial charge on any atom is -0.480 e. The van der Waals surface area contributed by atoms with Crippen molar-refractivity contribution in [3.63, 3.8) is 0 Å². The highest BCUT2D eigenvalue weighted by Crippen LogP contribution is 2.33. The van der Waals surface area contributed by atoms with Crippen molar-refractivity contribution >= 4 is 11.5 Å². The van der Waals surface area contributed by atoms with Gasteiger partial charge in [0.25, 0.3) is 0 Å². The van der Waals surface area contributed by atoms with Gasteiger partial charge < -0.3 is 5.11 Å². The maximum atomic E-state index is 11.4.